The molecule has 3 rings (SSSR count). The third kappa shape index (κ3) is 3.96. The molecule has 2 heterocycles. The van der Waals surface area contributed by atoms with Gasteiger partial charge in [-0.1, -0.05) is 18.2 Å². The van der Waals surface area contributed by atoms with Crippen LogP contribution in [0.15, 0.2) is 36.5 Å². The molecule has 138 valence electrons. The number of para-hydroxylation sites is 1. The normalized spacial score (nSPS) is 15.1. The van der Waals surface area contributed by atoms with Crippen LogP contribution in [-0.2, 0) is 11.8 Å². The van der Waals surface area contributed by atoms with Crippen LogP contribution in [-0.4, -0.2) is 58.9 Å². The van der Waals surface area contributed by atoms with Crippen molar-refractivity contribution in [2.24, 2.45) is 7.05 Å². The maximum absolute atomic E-state index is 12.5. The summed E-state index contributed by atoms with van der Waals surface area (Å²) in [5.41, 5.74) is 3.73. The molecule has 0 unspecified atom stereocenters. The van der Waals surface area contributed by atoms with Crippen LogP contribution in [0.3, 0.4) is 0 Å². The molecule has 6 heteroatoms. The zero-order valence-electron chi connectivity index (χ0n) is 15.7. The van der Waals surface area contributed by atoms with Crippen LogP contribution in [0.1, 0.15) is 21.6 Å². The van der Waals surface area contributed by atoms with Crippen LogP contribution >= 0.6 is 0 Å². The highest BCUT2D eigenvalue weighted by Crippen LogP contribution is 2.19. The number of benzene rings is 1. The summed E-state index contributed by atoms with van der Waals surface area (Å²) in [7, 11) is 1.88. The molecule has 1 aliphatic rings. The predicted molar refractivity (Wildman–Crippen MR) is 102 cm³/mol. The van der Waals surface area contributed by atoms with E-state index >= 15 is 0 Å². The molecule has 0 saturated carbocycles. The fourth-order valence-corrected chi connectivity index (χ4v) is 3.35. The monoisotopic (exact) mass is 354 g/mol. The van der Waals surface area contributed by atoms with Crippen LogP contribution in [0.25, 0.3) is 0 Å². The van der Waals surface area contributed by atoms with Crippen molar-refractivity contribution in [1.82, 2.24) is 14.4 Å². The number of aromatic nitrogens is 1. The van der Waals surface area contributed by atoms with Gasteiger partial charge in [-0.25, -0.2) is 0 Å². The SMILES string of the molecule is Cc1cccc(C)c1NC(=O)CN1CCN(C(=O)c2cccn2C)CC1. The molecule has 26 heavy (non-hydrogen) atoms. The standard InChI is InChI=1S/C20H26N4O2/c1-15-6-4-7-16(2)19(15)21-18(25)14-23-10-12-24(13-11-23)20(26)17-8-5-9-22(17)3/h4-9H,10-14H2,1-3H3,(H,21,25). The summed E-state index contributed by atoms with van der Waals surface area (Å²) in [6.45, 7) is 7.03. The van der Waals surface area contributed by atoms with Gasteiger partial charge >= 0.3 is 0 Å². The highest BCUT2D eigenvalue weighted by molar-refractivity contribution is 5.94. The fourth-order valence-electron chi connectivity index (χ4n) is 3.35. The van der Waals surface area contributed by atoms with Crippen molar-refractivity contribution in [2.45, 2.75) is 13.8 Å². The zero-order chi connectivity index (χ0) is 18.7. The van der Waals surface area contributed by atoms with Gasteiger partial charge in [0, 0.05) is 45.1 Å². The molecule has 0 radical (unpaired) electrons. The van der Waals surface area contributed by atoms with Crippen molar-refractivity contribution in [3.63, 3.8) is 0 Å². The molecular formula is C20H26N4O2. The Labute approximate surface area is 154 Å². The number of piperazine rings is 1. The molecule has 1 aromatic heterocycles. The zero-order valence-corrected chi connectivity index (χ0v) is 15.7. The van der Waals surface area contributed by atoms with Crippen LogP contribution in [0.5, 0.6) is 0 Å². The van der Waals surface area contributed by atoms with Gasteiger partial charge in [-0.2, -0.15) is 0 Å². The first-order chi connectivity index (χ1) is 12.5. The maximum Gasteiger partial charge on any atom is 0.270 e. The molecule has 1 aromatic carbocycles. The molecule has 0 aliphatic carbocycles. The second kappa shape index (κ2) is 7.74. The van der Waals surface area contributed by atoms with E-state index in [4.69, 9.17) is 0 Å². The van der Waals surface area contributed by atoms with E-state index in [9.17, 15) is 9.59 Å². The van der Waals surface area contributed by atoms with E-state index in [0.717, 1.165) is 16.8 Å². The smallest absolute Gasteiger partial charge is 0.270 e. The summed E-state index contributed by atoms with van der Waals surface area (Å²) in [4.78, 5) is 28.9. The summed E-state index contributed by atoms with van der Waals surface area (Å²) in [6, 6.07) is 9.70. The van der Waals surface area contributed by atoms with Gasteiger partial charge in [0.1, 0.15) is 5.69 Å². The van der Waals surface area contributed by atoms with Crippen molar-refractivity contribution in [1.29, 1.82) is 0 Å². The molecule has 1 aliphatic heterocycles. The molecule has 1 N–H and O–H groups in total. The Morgan fingerprint density at radius 2 is 1.65 bits per heavy atom. The van der Waals surface area contributed by atoms with Crippen molar-refractivity contribution >= 4 is 17.5 Å². The van der Waals surface area contributed by atoms with Gasteiger partial charge in [0.2, 0.25) is 5.91 Å². The van der Waals surface area contributed by atoms with E-state index in [1.165, 1.54) is 0 Å². The number of hydrogen-bond acceptors (Lipinski definition) is 3. The number of aryl methyl sites for hydroxylation is 3. The van der Waals surface area contributed by atoms with Gasteiger partial charge in [0.25, 0.3) is 5.91 Å². The Kier molecular flexibility index (Phi) is 5.42. The number of amides is 2. The molecular weight excluding hydrogens is 328 g/mol. The second-order valence-corrected chi connectivity index (χ2v) is 6.89. The molecule has 2 aromatic rings. The number of anilines is 1. The topological polar surface area (TPSA) is 57.6 Å². The predicted octanol–water partition coefficient (Wildman–Crippen LogP) is 2.04. The lowest BCUT2D eigenvalue weighted by atomic mass is 10.1. The summed E-state index contributed by atoms with van der Waals surface area (Å²) < 4.78 is 1.84. The number of hydrogen-bond donors (Lipinski definition) is 1. The first kappa shape index (κ1) is 18.2. The van der Waals surface area contributed by atoms with Crippen molar-refractivity contribution in [2.75, 3.05) is 38.0 Å². The van der Waals surface area contributed by atoms with Gasteiger partial charge in [-0.3, -0.25) is 14.5 Å². The van der Waals surface area contributed by atoms with Gasteiger partial charge in [-0.15, -0.1) is 0 Å². The molecule has 1 fully saturated rings. The molecule has 6 nitrogen and oxygen atoms in total. The minimum Gasteiger partial charge on any atom is -0.347 e. The minimum absolute atomic E-state index is 0.00962. The number of nitrogens with zero attached hydrogens (tertiary/aromatic N) is 3. The van der Waals surface area contributed by atoms with Gasteiger partial charge in [-0.05, 0) is 37.1 Å². The summed E-state index contributed by atoms with van der Waals surface area (Å²) in [5, 5.41) is 3.03. The summed E-state index contributed by atoms with van der Waals surface area (Å²) in [6.07, 6.45) is 1.88. The molecule has 0 bridgehead atoms. The van der Waals surface area contributed by atoms with Crippen LogP contribution < -0.4 is 5.32 Å². The average molecular weight is 354 g/mol. The molecule has 0 atom stereocenters. The number of carbonyl (C=O) groups excluding carboxylic acids is 2. The number of nitrogens with one attached hydrogen (secondary N) is 1. The van der Waals surface area contributed by atoms with Crippen LogP contribution in [0.2, 0.25) is 0 Å². The average Bonchev–Trinajstić information content (AvgIpc) is 3.04. The Balaban J connectivity index is 1.52. The minimum atomic E-state index is -0.00962. The third-order valence-electron chi connectivity index (χ3n) is 4.94. The highest BCUT2D eigenvalue weighted by atomic mass is 16.2. The quantitative estimate of drug-likeness (QED) is 0.914. The summed E-state index contributed by atoms with van der Waals surface area (Å²) >= 11 is 0. The van der Waals surface area contributed by atoms with E-state index in [1.54, 1.807) is 0 Å². The molecule has 0 spiro atoms. The van der Waals surface area contributed by atoms with E-state index in [-0.39, 0.29) is 11.8 Å². The highest BCUT2D eigenvalue weighted by Gasteiger charge is 2.24. The van der Waals surface area contributed by atoms with E-state index in [0.29, 0.717) is 38.4 Å². The van der Waals surface area contributed by atoms with Crippen molar-refractivity contribution < 1.29 is 9.59 Å². The lowest BCUT2D eigenvalue weighted by Crippen LogP contribution is -2.50. The van der Waals surface area contributed by atoms with E-state index in [2.05, 4.69) is 10.2 Å². The first-order valence-corrected chi connectivity index (χ1v) is 8.94. The van der Waals surface area contributed by atoms with Gasteiger partial charge in [0.15, 0.2) is 0 Å². The second-order valence-electron chi connectivity index (χ2n) is 6.89. The Morgan fingerprint density at radius 3 is 2.23 bits per heavy atom. The summed E-state index contributed by atoms with van der Waals surface area (Å²) in [5.74, 6) is 0.0433. The Hall–Kier alpha value is -2.60. The Morgan fingerprint density at radius 1 is 1.00 bits per heavy atom. The lowest BCUT2D eigenvalue weighted by molar-refractivity contribution is -0.117. The Bertz CT molecular complexity index is 784. The van der Waals surface area contributed by atoms with Crippen LogP contribution in [0, 0.1) is 13.8 Å². The number of rotatable bonds is 4. The van der Waals surface area contributed by atoms with Crippen molar-refractivity contribution in [3.8, 4) is 0 Å². The number of carbonyl (C=O) groups is 2. The first-order valence-electron chi connectivity index (χ1n) is 8.94. The van der Waals surface area contributed by atoms with Gasteiger partial charge < -0.3 is 14.8 Å². The third-order valence-corrected chi connectivity index (χ3v) is 4.94. The molecule has 2 amide bonds. The van der Waals surface area contributed by atoms with E-state index < -0.39 is 0 Å². The van der Waals surface area contributed by atoms with E-state index in [1.807, 2.05) is 66.9 Å². The van der Waals surface area contributed by atoms with Crippen LogP contribution in [0.4, 0.5) is 5.69 Å². The van der Waals surface area contributed by atoms with Crippen molar-refractivity contribution in [3.05, 3.63) is 53.3 Å². The lowest BCUT2D eigenvalue weighted by Gasteiger charge is -2.34. The largest absolute Gasteiger partial charge is 0.347 e. The van der Waals surface area contributed by atoms with Gasteiger partial charge in [0.05, 0.1) is 6.54 Å². The fraction of sp³-hybridized carbons (Fsp3) is 0.400. The molecule has 1 saturated heterocycles. The maximum atomic E-state index is 12.5.